The van der Waals surface area contributed by atoms with Crippen LogP contribution in [0.5, 0.6) is 0 Å². The van der Waals surface area contributed by atoms with Crippen molar-refractivity contribution in [2.45, 2.75) is 77.2 Å². The van der Waals surface area contributed by atoms with Crippen molar-refractivity contribution in [3.05, 3.63) is 35.6 Å². The second kappa shape index (κ2) is 13.3. The van der Waals surface area contributed by atoms with Crippen LogP contribution in [-0.2, 0) is 11.2 Å². The van der Waals surface area contributed by atoms with Gasteiger partial charge in [0.2, 0.25) is 11.8 Å². The fraction of sp³-hybridized carbons (Fsp3) is 0.655. The molecule has 1 aliphatic carbocycles. The standard InChI is InChI=1S/C24H33F2N9O.C5H9NO/c1-5-18-20(32-36-31-18)15(2)27-21(17-6-8-24(25,26)9-7-17)19-14-35-23(28-19)29-22(16(3)30-35)34-12-10-33(4)11-13-34;7-5-3-1-2-4-6-5/h14,17,21,27H,2,5-13H2,1,3-4H3;1-4H2,(H,6,7). The van der Waals surface area contributed by atoms with E-state index in [4.69, 9.17) is 19.7 Å². The van der Waals surface area contributed by atoms with E-state index in [1.165, 1.54) is 0 Å². The smallest absolute Gasteiger partial charge is 0.252 e. The van der Waals surface area contributed by atoms with Gasteiger partial charge in [0.15, 0.2) is 11.5 Å². The monoisotopic (exact) mass is 600 g/mol. The van der Waals surface area contributed by atoms with Gasteiger partial charge in [0.1, 0.15) is 11.4 Å². The molecule has 0 spiro atoms. The van der Waals surface area contributed by atoms with Gasteiger partial charge in [-0.1, -0.05) is 18.7 Å². The van der Waals surface area contributed by atoms with Crippen molar-refractivity contribution < 1.29 is 18.2 Å². The second-order valence-corrected chi connectivity index (χ2v) is 11.7. The highest BCUT2D eigenvalue weighted by molar-refractivity contribution is 5.76. The summed E-state index contributed by atoms with van der Waals surface area (Å²) in [6.07, 6.45) is 5.89. The SMILES string of the molecule is C=C(NC(c1cn2nc(C)c(N3CCN(C)CC3)nc2n1)C1CCC(F)(F)CC1)c1nonc1CC.O=C1CCCCN1. The fourth-order valence-electron chi connectivity index (χ4n) is 5.86. The van der Waals surface area contributed by atoms with Crippen LogP contribution in [0, 0.1) is 12.8 Å². The highest BCUT2D eigenvalue weighted by atomic mass is 19.3. The van der Waals surface area contributed by atoms with Gasteiger partial charge in [0.25, 0.3) is 5.78 Å². The van der Waals surface area contributed by atoms with E-state index in [0.29, 0.717) is 47.8 Å². The predicted molar refractivity (Wildman–Crippen MR) is 158 cm³/mol. The number of alkyl halides is 2. The van der Waals surface area contributed by atoms with Crippen molar-refractivity contribution in [2.24, 2.45) is 5.92 Å². The molecule has 0 bridgehead atoms. The number of aryl methyl sites for hydroxylation is 2. The molecule has 2 aliphatic heterocycles. The van der Waals surface area contributed by atoms with Crippen molar-refractivity contribution in [3.63, 3.8) is 0 Å². The van der Waals surface area contributed by atoms with E-state index in [9.17, 15) is 13.6 Å². The number of piperazine rings is 1. The van der Waals surface area contributed by atoms with E-state index >= 15 is 0 Å². The molecule has 1 atom stereocenters. The van der Waals surface area contributed by atoms with Gasteiger partial charge in [-0.05, 0) is 57.2 Å². The molecule has 1 amide bonds. The number of anilines is 1. The molecule has 3 fully saturated rings. The molecule has 6 rings (SSSR count). The van der Waals surface area contributed by atoms with Gasteiger partial charge in [-0.3, -0.25) is 4.79 Å². The number of nitrogens with zero attached hydrogens (tertiary/aromatic N) is 8. The Kier molecular flexibility index (Phi) is 9.52. The number of hydrogen-bond acceptors (Lipinski definition) is 10. The number of carbonyl (C=O) groups excluding carboxylic acids is 1. The molecule has 3 aromatic heterocycles. The number of rotatable bonds is 7. The summed E-state index contributed by atoms with van der Waals surface area (Å²) in [6.45, 7) is 12.6. The number of halogens is 2. The van der Waals surface area contributed by atoms with E-state index in [2.05, 4.69) is 44.4 Å². The van der Waals surface area contributed by atoms with Crippen molar-refractivity contribution >= 4 is 23.2 Å². The third-order valence-corrected chi connectivity index (χ3v) is 8.49. The zero-order valence-corrected chi connectivity index (χ0v) is 25.3. The maximum atomic E-state index is 14.0. The van der Waals surface area contributed by atoms with E-state index in [1.807, 2.05) is 20.0 Å². The molecule has 14 heteroatoms. The summed E-state index contributed by atoms with van der Waals surface area (Å²) in [5.41, 5.74) is 3.27. The minimum Gasteiger partial charge on any atom is -0.375 e. The van der Waals surface area contributed by atoms with Crippen LogP contribution >= 0.6 is 0 Å². The molecular formula is C29H42F2N10O2. The molecule has 1 unspecified atom stereocenters. The summed E-state index contributed by atoms with van der Waals surface area (Å²) < 4.78 is 34.5. The first-order chi connectivity index (χ1) is 20.6. The molecule has 3 aliphatic rings. The number of fused-ring (bicyclic) bond motifs is 1. The lowest BCUT2D eigenvalue weighted by atomic mass is 9.81. The van der Waals surface area contributed by atoms with Crippen LogP contribution in [0.15, 0.2) is 17.4 Å². The second-order valence-electron chi connectivity index (χ2n) is 11.7. The Hall–Kier alpha value is -3.68. The molecule has 234 valence electrons. The highest BCUT2D eigenvalue weighted by Crippen LogP contribution is 2.42. The molecule has 12 nitrogen and oxygen atoms in total. The normalized spacial score (nSPS) is 20.3. The Morgan fingerprint density at radius 3 is 2.56 bits per heavy atom. The molecule has 3 aromatic rings. The summed E-state index contributed by atoms with van der Waals surface area (Å²) >= 11 is 0. The van der Waals surface area contributed by atoms with Gasteiger partial charge in [0.05, 0.1) is 23.6 Å². The van der Waals surface area contributed by atoms with Crippen LogP contribution in [0.4, 0.5) is 14.6 Å². The maximum absolute atomic E-state index is 14.0. The summed E-state index contributed by atoms with van der Waals surface area (Å²) in [7, 11) is 2.11. The van der Waals surface area contributed by atoms with Crippen LogP contribution in [-0.4, -0.2) is 86.4 Å². The largest absolute Gasteiger partial charge is 0.375 e. The third kappa shape index (κ3) is 7.46. The van der Waals surface area contributed by atoms with Crippen LogP contribution in [0.2, 0.25) is 0 Å². The molecule has 1 saturated carbocycles. The molecular weight excluding hydrogens is 558 g/mol. The van der Waals surface area contributed by atoms with E-state index in [1.54, 1.807) is 4.52 Å². The van der Waals surface area contributed by atoms with Crippen LogP contribution < -0.4 is 15.5 Å². The maximum Gasteiger partial charge on any atom is 0.252 e. The first-order valence-electron chi connectivity index (χ1n) is 15.2. The number of piperidine rings is 1. The average molecular weight is 601 g/mol. The van der Waals surface area contributed by atoms with Crippen molar-refractivity contribution in [1.29, 1.82) is 0 Å². The van der Waals surface area contributed by atoms with Gasteiger partial charge in [0, 0.05) is 52.0 Å². The van der Waals surface area contributed by atoms with Crippen LogP contribution in [0.1, 0.15) is 80.7 Å². The molecule has 5 heterocycles. The number of likely N-dealkylation sites (N-methyl/N-ethyl adjacent to an activating group) is 1. The van der Waals surface area contributed by atoms with Gasteiger partial charge < -0.3 is 20.4 Å². The number of carbonyl (C=O) groups is 1. The van der Waals surface area contributed by atoms with Gasteiger partial charge in [-0.15, -0.1) is 0 Å². The summed E-state index contributed by atoms with van der Waals surface area (Å²) in [4.78, 5) is 24.5. The summed E-state index contributed by atoms with van der Waals surface area (Å²) in [6, 6.07) is -0.356. The molecule has 2 N–H and O–H groups in total. The average Bonchev–Trinajstić information content (AvgIpc) is 3.64. The first-order valence-corrected chi connectivity index (χ1v) is 15.2. The van der Waals surface area contributed by atoms with Gasteiger partial charge in [-0.25, -0.2) is 22.9 Å². The Bertz CT molecular complexity index is 1400. The molecule has 0 aromatic carbocycles. The van der Waals surface area contributed by atoms with Crippen LogP contribution in [0.25, 0.3) is 11.5 Å². The third-order valence-electron chi connectivity index (χ3n) is 8.49. The number of amides is 1. The number of imidazole rings is 1. The Morgan fingerprint density at radius 2 is 1.93 bits per heavy atom. The molecule has 0 radical (unpaired) electrons. The summed E-state index contributed by atoms with van der Waals surface area (Å²) in [5.74, 6) is -1.15. The van der Waals surface area contributed by atoms with Crippen molar-refractivity contribution in [1.82, 2.24) is 45.4 Å². The first kappa shape index (κ1) is 30.8. The van der Waals surface area contributed by atoms with Gasteiger partial charge >= 0.3 is 0 Å². The van der Waals surface area contributed by atoms with E-state index < -0.39 is 5.92 Å². The number of hydrogen-bond donors (Lipinski definition) is 2. The van der Waals surface area contributed by atoms with Gasteiger partial charge in [-0.2, -0.15) is 10.1 Å². The Labute approximate surface area is 250 Å². The van der Waals surface area contributed by atoms with E-state index in [-0.39, 0.29) is 30.7 Å². The highest BCUT2D eigenvalue weighted by Gasteiger charge is 2.39. The quantitative estimate of drug-likeness (QED) is 0.415. The minimum absolute atomic E-state index is 0.0607. The lowest BCUT2D eigenvalue weighted by molar-refractivity contribution is -0.122. The molecule has 43 heavy (non-hydrogen) atoms. The van der Waals surface area contributed by atoms with Crippen LogP contribution in [0.3, 0.4) is 0 Å². The fourth-order valence-corrected chi connectivity index (χ4v) is 5.86. The minimum atomic E-state index is -2.62. The summed E-state index contributed by atoms with van der Waals surface area (Å²) in [5, 5.41) is 18.8. The molecule has 2 saturated heterocycles. The van der Waals surface area contributed by atoms with Crippen molar-refractivity contribution in [3.8, 4) is 0 Å². The zero-order chi connectivity index (χ0) is 30.6. The Morgan fingerprint density at radius 1 is 1.19 bits per heavy atom. The topological polar surface area (TPSA) is 130 Å². The van der Waals surface area contributed by atoms with E-state index in [0.717, 1.165) is 63.5 Å². The predicted octanol–water partition coefficient (Wildman–Crippen LogP) is 3.54. The van der Waals surface area contributed by atoms with Crippen molar-refractivity contribution in [2.75, 3.05) is 44.7 Å². The zero-order valence-electron chi connectivity index (χ0n) is 25.3. The lowest BCUT2D eigenvalue weighted by Gasteiger charge is -2.34. The lowest BCUT2D eigenvalue weighted by Crippen LogP contribution is -2.45. The number of nitrogens with one attached hydrogen (secondary N) is 2. The Balaban J connectivity index is 0.000000463. The number of aromatic nitrogens is 6.